The number of nitrogens with one attached hydrogen (secondary N) is 1. The van der Waals surface area contributed by atoms with E-state index in [-0.39, 0.29) is 11.8 Å². The van der Waals surface area contributed by atoms with E-state index in [0.717, 1.165) is 38.7 Å². The number of amides is 2. The molecule has 4 aromatic carbocycles. The average molecular weight is 494 g/mol. The van der Waals surface area contributed by atoms with Crippen LogP contribution in [0.25, 0.3) is 10.8 Å². The Morgan fingerprint density at radius 1 is 0.757 bits per heavy atom. The second-order valence-electron chi connectivity index (χ2n) is 9.70. The first kappa shape index (κ1) is 24.2. The van der Waals surface area contributed by atoms with Crippen LogP contribution >= 0.6 is 0 Å². The third-order valence-corrected chi connectivity index (χ3v) is 7.12. The van der Waals surface area contributed by atoms with E-state index in [4.69, 9.17) is 17.2 Å². The number of benzene rings is 4. The third kappa shape index (κ3) is 4.44. The van der Waals surface area contributed by atoms with Gasteiger partial charge in [-0.3, -0.25) is 14.5 Å². The third-order valence-electron chi connectivity index (χ3n) is 7.12. The summed E-state index contributed by atoms with van der Waals surface area (Å²) in [5.74, 6) is -0.479. The normalized spacial score (nSPS) is 12.9. The van der Waals surface area contributed by atoms with Gasteiger partial charge < -0.3 is 22.5 Å². The molecule has 0 aliphatic carbocycles. The van der Waals surface area contributed by atoms with Crippen molar-refractivity contribution >= 4 is 45.3 Å². The van der Waals surface area contributed by atoms with Crippen molar-refractivity contribution < 1.29 is 9.59 Å². The number of nitrogens with zero attached hydrogens (tertiary/aromatic N) is 1. The van der Waals surface area contributed by atoms with Crippen LogP contribution in [0.15, 0.2) is 60.7 Å². The zero-order valence-corrected chi connectivity index (χ0v) is 21.1. The van der Waals surface area contributed by atoms with Crippen LogP contribution in [0.4, 0.5) is 22.7 Å². The van der Waals surface area contributed by atoms with Crippen LogP contribution in [0.2, 0.25) is 0 Å². The van der Waals surface area contributed by atoms with Crippen LogP contribution in [0, 0.1) is 13.8 Å². The molecule has 1 heterocycles. The van der Waals surface area contributed by atoms with Crippen molar-refractivity contribution in [3.05, 3.63) is 94.0 Å². The number of rotatable bonds is 7. The lowest BCUT2D eigenvalue weighted by molar-refractivity contribution is 0.0610. The number of imide groups is 1. The highest BCUT2D eigenvalue weighted by Gasteiger charge is 2.32. The molecule has 2 amide bonds. The van der Waals surface area contributed by atoms with Gasteiger partial charge in [0.2, 0.25) is 0 Å². The summed E-state index contributed by atoms with van der Waals surface area (Å²) < 4.78 is 0. The number of carbonyl (C=O) groups excluding carboxylic acids is 2. The smallest absolute Gasteiger partial charge is 0.261 e. The van der Waals surface area contributed by atoms with Crippen molar-refractivity contribution in [3.8, 4) is 0 Å². The molecule has 0 bridgehead atoms. The molecule has 4 aromatic rings. The lowest BCUT2D eigenvalue weighted by Crippen LogP contribution is -2.41. The number of nitrogens with two attached hydrogens (primary N) is 3. The van der Waals surface area contributed by atoms with Crippen LogP contribution in [0.5, 0.6) is 0 Å². The van der Waals surface area contributed by atoms with E-state index < -0.39 is 0 Å². The molecule has 0 atom stereocenters. The number of hydrogen-bond acceptors (Lipinski definition) is 6. The predicted molar refractivity (Wildman–Crippen MR) is 151 cm³/mol. The number of aryl methyl sites for hydroxylation is 2. The minimum absolute atomic E-state index is 0.240. The Morgan fingerprint density at radius 2 is 1.35 bits per heavy atom. The molecule has 1 aliphatic rings. The highest BCUT2D eigenvalue weighted by atomic mass is 16.2. The Bertz CT molecular complexity index is 1510. The zero-order valence-electron chi connectivity index (χ0n) is 21.1. The molecule has 0 spiro atoms. The fraction of sp³-hybridized carbons (Fsp3) is 0.200. The van der Waals surface area contributed by atoms with Gasteiger partial charge in [-0.2, -0.15) is 0 Å². The second kappa shape index (κ2) is 9.50. The minimum atomic E-state index is -0.240. The maximum absolute atomic E-state index is 13.1. The molecule has 7 N–H and O–H groups in total. The lowest BCUT2D eigenvalue weighted by atomic mass is 9.94. The van der Waals surface area contributed by atoms with Crippen molar-refractivity contribution in [3.63, 3.8) is 0 Å². The molecule has 7 heteroatoms. The Balaban J connectivity index is 1.24. The molecule has 0 radical (unpaired) electrons. The van der Waals surface area contributed by atoms with Crippen LogP contribution in [0.1, 0.15) is 49.4 Å². The van der Waals surface area contributed by atoms with Gasteiger partial charge in [-0.1, -0.05) is 36.4 Å². The van der Waals surface area contributed by atoms with Gasteiger partial charge in [-0.25, -0.2) is 0 Å². The first-order chi connectivity index (χ1) is 17.7. The quantitative estimate of drug-likeness (QED) is 0.165. The first-order valence-corrected chi connectivity index (χ1v) is 12.4. The maximum atomic E-state index is 13.1. The molecule has 37 heavy (non-hydrogen) atoms. The lowest BCUT2D eigenvalue weighted by Gasteiger charge is -2.27. The molecule has 5 rings (SSSR count). The molecule has 188 valence electrons. The van der Waals surface area contributed by atoms with Gasteiger partial charge in [0, 0.05) is 58.8 Å². The average Bonchev–Trinajstić information content (AvgIpc) is 2.87. The topological polar surface area (TPSA) is 127 Å². The summed E-state index contributed by atoms with van der Waals surface area (Å²) in [6, 6.07) is 18.9. The fourth-order valence-electron chi connectivity index (χ4n) is 5.03. The molecule has 0 aromatic heterocycles. The molecule has 0 saturated heterocycles. The van der Waals surface area contributed by atoms with Crippen molar-refractivity contribution in [1.29, 1.82) is 0 Å². The monoisotopic (exact) mass is 493 g/mol. The Hall–Kier alpha value is -4.52. The van der Waals surface area contributed by atoms with Gasteiger partial charge >= 0.3 is 0 Å². The molecular formula is C30H31N5O2. The predicted octanol–water partition coefficient (Wildman–Crippen LogP) is 4.89. The Morgan fingerprint density at radius 3 is 2.00 bits per heavy atom. The largest absolute Gasteiger partial charge is 0.398 e. The van der Waals surface area contributed by atoms with Gasteiger partial charge in [0.1, 0.15) is 0 Å². The first-order valence-electron chi connectivity index (χ1n) is 12.4. The summed E-state index contributed by atoms with van der Waals surface area (Å²) >= 11 is 0. The second-order valence-corrected chi connectivity index (χ2v) is 9.70. The van der Waals surface area contributed by atoms with Crippen LogP contribution < -0.4 is 22.5 Å². The fourth-order valence-corrected chi connectivity index (χ4v) is 5.03. The summed E-state index contributed by atoms with van der Waals surface area (Å²) in [5.41, 5.74) is 26.7. The highest BCUT2D eigenvalue weighted by molar-refractivity contribution is 6.25. The Labute approximate surface area is 216 Å². The van der Waals surface area contributed by atoms with Gasteiger partial charge in [0.25, 0.3) is 11.8 Å². The molecule has 7 nitrogen and oxygen atoms in total. The summed E-state index contributed by atoms with van der Waals surface area (Å²) in [4.78, 5) is 27.5. The zero-order chi connectivity index (χ0) is 26.3. The SMILES string of the molecule is Cc1cc(Cc2cc(C)c(NCCCN3C(=O)c4cccc5cccc(c45)C3=O)cc2N)c(N)cc1N. The standard InChI is InChI=1S/C30H31N5O2/c1-17-12-20(25(32)15-24(17)31)14-21-13-18(2)27(16-26(21)33)34-10-5-11-35-29(36)22-8-3-6-19-7-4-9-23(28(19)22)30(35)37/h3-4,6-9,12-13,15-16,34H,5,10-11,14,31-33H2,1-2H3. The maximum Gasteiger partial charge on any atom is 0.261 e. The number of hydrogen-bond donors (Lipinski definition) is 4. The van der Waals surface area contributed by atoms with Crippen LogP contribution in [-0.4, -0.2) is 29.8 Å². The van der Waals surface area contributed by atoms with Crippen molar-refractivity contribution in [2.24, 2.45) is 0 Å². The van der Waals surface area contributed by atoms with E-state index in [9.17, 15) is 9.59 Å². The van der Waals surface area contributed by atoms with Gasteiger partial charge in [0.15, 0.2) is 0 Å². The summed E-state index contributed by atoms with van der Waals surface area (Å²) in [5, 5.41) is 5.06. The molecule has 1 aliphatic heterocycles. The molecular weight excluding hydrogens is 462 g/mol. The number of nitrogen functional groups attached to an aromatic ring is 3. The van der Waals surface area contributed by atoms with E-state index in [0.29, 0.717) is 54.1 Å². The Kier molecular flexibility index (Phi) is 6.21. The van der Waals surface area contributed by atoms with E-state index in [1.807, 2.05) is 50.2 Å². The highest BCUT2D eigenvalue weighted by Crippen LogP contribution is 2.31. The molecule has 0 fully saturated rings. The van der Waals surface area contributed by atoms with Crippen LogP contribution in [0.3, 0.4) is 0 Å². The van der Waals surface area contributed by atoms with Crippen LogP contribution in [-0.2, 0) is 6.42 Å². The van der Waals surface area contributed by atoms with E-state index in [1.54, 1.807) is 18.2 Å². The minimum Gasteiger partial charge on any atom is -0.398 e. The molecule has 0 unspecified atom stereocenters. The van der Waals surface area contributed by atoms with E-state index >= 15 is 0 Å². The molecule has 0 saturated carbocycles. The number of anilines is 4. The summed E-state index contributed by atoms with van der Waals surface area (Å²) in [7, 11) is 0. The van der Waals surface area contributed by atoms with Gasteiger partial charge in [0.05, 0.1) is 0 Å². The van der Waals surface area contributed by atoms with E-state index in [1.165, 1.54) is 4.90 Å². The van der Waals surface area contributed by atoms with E-state index in [2.05, 4.69) is 11.4 Å². The van der Waals surface area contributed by atoms with Gasteiger partial charge in [-0.05, 0) is 72.2 Å². The summed E-state index contributed by atoms with van der Waals surface area (Å²) in [6.07, 6.45) is 1.23. The van der Waals surface area contributed by atoms with Gasteiger partial charge in [-0.15, -0.1) is 0 Å². The summed E-state index contributed by atoms with van der Waals surface area (Å²) in [6.45, 7) is 4.91. The number of carbonyl (C=O) groups is 2. The van der Waals surface area contributed by atoms with Crippen molar-refractivity contribution in [2.75, 3.05) is 35.6 Å². The van der Waals surface area contributed by atoms with Crippen molar-refractivity contribution in [1.82, 2.24) is 4.90 Å². The van der Waals surface area contributed by atoms with Crippen molar-refractivity contribution in [2.45, 2.75) is 26.7 Å².